The first-order valence-electron chi connectivity index (χ1n) is 30.9. The van der Waals surface area contributed by atoms with Crippen molar-refractivity contribution in [3.05, 3.63) is 85.1 Å². The zero-order valence-corrected chi connectivity index (χ0v) is 50.4. The smallest absolute Gasteiger partial charge is 0.306 e. The van der Waals surface area contributed by atoms with Crippen LogP contribution >= 0.6 is 7.82 Å². The standard InChI is InChI=1S/C65H117N2O7P/c1-7-10-13-16-19-22-25-28-30-32-33-34-35-36-38-40-43-46-49-52-55-58-65(69)74-63(56-53-50-47-44-41-27-24-21-18-15-12-9-3)62(61-73-75(70,71)72-60-59-67(4,5)6)66-64(68)57-54-51-48-45-42-39-37-31-29-26-23-20-17-14-11-8-2/h10,13,19,22,28,30,33-34,36,38,43,46,53,56,62-63H,7-9,11-12,14-18,20-21,23-27,29,31-32,35,37,39-42,44-45,47-52,54-55,57-61H2,1-6H3,(H-,66,68,70,71)/b13-10-,22-19-,30-28-,34-33-,38-36-,46-43-,56-53+. The van der Waals surface area contributed by atoms with Crippen LogP contribution in [0.15, 0.2) is 85.1 Å². The predicted molar refractivity (Wildman–Crippen MR) is 321 cm³/mol. The van der Waals surface area contributed by atoms with Gasteiger partial charge in [0.2, 0.25) is 5.91 Å². The minimum Gasteiger partial charge on any atom is -0.756 e. The van der Waals surface area contributed by atoms with Crippen molar-refractivity contribution >= 4 is 19.7 Å². The number of nitrogens with zero attached hydrogens (tertiary/aromatic N) is 1. The number of carbonyl (C=O) groups excluding carboxylic acids is 2. The molecule has 0 rings (SSSR count). The number of nitrogens with one attached hydrogen (secondary N) is 1. The first-order valence-corrected chi connectivity index (χ1v) is 32.4. The molecule has 0 spiro atoms. The Morgan fingerprint density at radius 2 is 0.853 bits per heavy atom. The number of phosphoric ester groups is 1. The minimum atomic E-state index is -4.71. The molecule has 3 atom stereocenters. The number of phosphoric acid groups is 1. The summed E-state index contributed by atoms with van der Waals surface area (Å²) in [4.78, 5) is 40.0. The van der Waals surface area contributed by atoms with E-state index in [1.165, 1.54) is 135 Å². The maximum Gasteiger partial charge on any atom is 0.306 e. The molecule has 0 aromatic rings. The van der Waals surface area contributed by atoms with Gasteiger partial charge in [-0.1, -0.05) is 254 Å². The van der Waals surface area contributed by atoms with E-state index in [0.29, 0.717) is 23.9 Å². The Labute approximate surface area is 463 Å². The first kappa shape index (κ1) is 72.2. The van der Waals surface area contributed by atoms with Crippen molar-refractivity contribution in [2.75, 3.05) is 40.9 Å². The van der Waals surface area contributed by atoms with Gasteiger partial charge in [0.1, 0.15) is 19.3 Å². The molecule has 0 aromatic carbocycles. The number of ether oxygens (including phenoxy) is 1. The zero-order valence-electron chi connectivity index (χ0n) is 49.5. The predicted octanol–water partition coefficient (Wildman–Crippen LogP) is 18.4. The van der Waals surface area contributed by atoms with Gasteiger partial charge in [-0.15, -0.1) is 0 Å². The van der Waals surface area contributed by atoms with Gasteiger partial charge in [0.25, 0.3) is 7.82 Å². The highest BCUT2D eigenvalue weighted by Gasteiger charge is 2.27. The minimum absolute atomic E-state index is 0.0314. The van der Waals surface area contributed by atoms with E-state index in [4.69, 9.17) is 13.8 Å². The van der Waals surface area contributed by atoms with Gasteiger partial charge in [0.15, 0.2) is 0 Å². The third kappa shape index (κ3) is 55.7. The molecule has 1 N–H and O–H groups in total. The van der Waals surface area contributed by atoms with Crippen LogP contribution in [0.3, 0.4) is 0 Å². The van der Waals surface area contributed by atoms with Crippen molar-refractivity contribution in [3.8, 4) is 0 Å². The van der Waals surface area contributed by atoms with Gasteiger partial charge in [-0.25, -0.2) is 0 Å². The normalized spacial score (nSPS) is 14.3. The molecule has 0 bridgehead atoms. The molecule has 434 valence electrons. The lowest BCUT2D eigenvalue weighted by Gasteiger charge is -2.30. The van der Waals surface area contributed by atoms with Crippen molar-refractivity contribution in [2.45, 2.75) is 277 Å². The van der Waals surface area contributed by atoms with E-state index in [2.05, 4.69) is 99.0 Å². The fourth-order valence-corrected chi connectivity index (χ4v) is 9.31. The number of hydrogen-bond acceptors (Lipinski definition) is 7. The highest BCUT2D eigenvalue weighted by atomic mass is 31.2. The number of allylic oxidation sites excluding steroid dienone is 13. The van der Waals surface area contributed by atoms with Crippen LogP contribution in [0.2, 0.25) is 0 Å². The molecule has 0 heterocycles. The van der Waals surface area contributed by atoms with Crippen molar-refractivity contribution in [3.63, 3.8) is 0 Å². The summed E-state index contributed by atoms with van der Waals surface area (Å²) in [6.45, 7) is 6.71. The highest BCUT2D eigenvalue weighted by Crippen LogP contribution is 2.38. The van der Waals surface area contributed by atoms with Crippen molar-refractivity contribution in [1.82, 2.24) is 5.32 Å². The molecule has 0 saturated carbocycles. The van der Waals surface area contributed by atoms with E-state index in [0.717, 1.165) is 89.9 Å². The fraction of sp³-hybridized carbons (Fsp3) is 0.754. The van der Waals surface area contributed by atoms with Crippen molar-refractivity contribution in [2.24, 2.45) is 0 Å². The molecule has 0 aromatic heterocycles. The Morgan fingerprint density at radius 3 is 1.29 bits per heavy atom. The van der Waals surface area contributed by atoms with Gasteiger partial charge < -0.3 is 28.5 Å². The van der Waals surface area contributed by atoms with Crippen LogP contribution in [-0.4, -0.2) is 69.4 Å². The van der Waals surface area contributed by atoms with Crippen molar-refractivity contribution in [1.29, 1.82) is 0 Å². The van der Waals surface area contributed by atoms with Crippen LogP contribution in [0.5, 0.6) is 0 Å². The second kappa shape index (κ2) is 54.5. The van der Waals surface area contributed by atoms with Gasteiger partial charge in [0, 0.05) is 12.8 Å². The van der Waals surface area contributed by atoms with E-state index in [9.17, 15) is 19.0 Å². The lowest BCUT2D eigenvalue weighted by Crippen LogP contribution is -2.47. The average molecular weight is 1070 g/mol. The van der Waals surface area contributed by atoms with E-state index in [1.807, 2.05) is 33.3 Å². The quantitative estimate of drug-likeness (QED) is 0.0212. The van der Waals surface area contributed by atoms with Crippen LogP contribution in [0.25, 0.3) is 0 Å². The number of carbonyl (C=O) groups is 2. The SMILES string of the molecule is CC/C=C\C/C=C\C/C=C\C/C=C\C/C=C\C/C=C\CCCCC(=O)OC(/C=C/CCCCCCCCCCCC)C(COP(=O)([O-])OCC[N+](C)(C)C)NC(=O)CCCCCCCCCCCCCCCCCC. The van der Waals surface area contributed by atoms with Crippen molar-refractivity contribution < 1.29 is 37.3 Å². The maximum absolute atomic E-state index is 13.5. The zero-order chi connectivity index (χ0) is 55.0. The summed E-state index contributed by atoms with van der Waals surface area (Å²) in [6.07, 6.45) is 71.2. The summed E-state index contributed by atoms with van der Waals surface area (Å²) in [5.74, 6) is -0.589. The van der Waals surface area contributed by atoms with E-state index < -0.39 is 26.6 Å². The lowest BCUT2D eigenvalue weighted by atomic mass is 10.0. The average Bonchev–Trinajstić information content (AvgIpc) is 3.37. The molecular formula is C65H117N2O7P. The van der Waals surface area contributed by atoms with E-state index in [-0.39, 0.29) is 24.9 Å². The Balaban J connectivity index is 5.34. The molecule has 0 saturated heterocycles. The molecule has 1 amide bonds. The second-order valence-electron chi connectivity index (χ2n) is 21.8. The second-order valence-corrected chi connectivity index (χ2v) is 23.2. The highest BCUT2D eigenvalue weighted by molar-refractivity contribution is 7.45. The Morgan fingerprint density at radius 1 is 0.480 bits per heavy atom. The first-order chi connectivity index (χ1) is 36.4. The summed E-state index contributed by atoms with van der Waals surface area (Å²) < 4.78 is 30.3. The summed E-state index contributed by atoms with van der Waals surface area (Å²) in [7, 11) is 1.16. The van der Waals surface area contributed by atoms with E-state index >= 15 is 0 Å². The Kier molecular flexibility index (Phi) is 52.5. The maximum atomic E-state index is 13.5. The van der Waals surface area contributed by atoms with Crippen LogP contribution in [0.1, 0.15) is 265 Å². The number of likely N-dealkylation sites (N-methyl/N-ethyl adjacent to an activating group) is 1. The van der Waals surface area contributed by atoms with Crippen LogP contribution < -0.4 is 10.2 Å². The number of esters is 1. The molecule has 10 heteroatoms. The molecule has 0 aliphatic heterocycles. The molecule has 9 nitrogen and oxygen atoms in total. The Bertz CT molecular complexity index is 1560. The van der Waals surface area contributed by atoms with Crippen LogP contribution in [0.4, 0.5) is 0 Å². The van der Waals surface area contributed by atoms with Crippen LogP contribution in [0, 0.1) is 0 Å². The molecule has 0 aliphatic rings. The lowest BCUT2D eigenvalue weighted by molar-refractivity contribution is -0.870. The van der Waals surface area contributed by atoms with Gasteiger partial charge in [0.05, 0.1) is 33.8 Å². The third-order valence-corrected chi connectivity index (χ3v) is 14.3. The van der Waals surface area contributed by atoms with E-state index in [1.54, 1.807) is 0 Å². The Hall–Kier alpha value is -2.81. The molecular weight excluding hydrogens is 952 g/mol. The number of amides is 1. The number of quaternary nitrogens is 1. The summed E-state index contributed by atoms with van der Waals surface area (Å²) >= 11 is 0. The largest absolute Gasteiger partial charge is 0.756 e. The molecule has 75 heavy (non-hydrogen) atoms. The fourth-order valence-electron chi connectivity index (χ4n) is 8.58. The third-order valence-electron chi connectivity index (χ3n) is 13.3. The van der Waals surface area contributed by atoms with Gasteiger partial charge in [-0.3, -0.25) is 14.2 Å². The topological polar surface area (TPSA) is 114 Å². The van der Waals surface area contributed by atoms with Gasteiger partial charge in [-0.2, -0.15) is 0 Å². The summed E-state index contributed by atoms with van der Waals surface area (Å²) in [5, 5.41) is 3.02. The summed E-state index contributed by atoms with van der Waals surface area (Å²) in [5.41, 5.74) is 0. The molecule has 0 aliphatic carbocycles. The number of unbranched alkanes of at least 4 members (excludes halogenated alkanes) is 27. The molecule has 0 radical (unpaired) electrons. The molecule has 3 unspecified atom stereocenters. The van der Waals surface area contributed by atoms with Gasteiger partial charge in [-0.05, 0) is 83.1 Å². The summed E-state index contributed by atoms with van der Waals surface area (Å²) in [6, 6.07) is -0.908. The van der Waals surface area contributed by atoms with Crippen LogP contribution in [-0.2, 0) is 27.9 Å². The monoisotopic (exact) mass is 1070 g/mol. The molecule has 0 fully saturated rings. The number of rotatable bonds is 55. The van der Waals surface area contributed by atoms with Gasteiger partial charge >= 0.3 is 5.97 Å². The number of hydrogen-bond donors (Lipinski definition) is 1.